The zero-order valence-electron chi connectivity index (χ0n) is 11.5. The summed E-state index contributed by atoms with van der Waals surface area (Å²) < 4.78 is 14.9. The number of benzene rings is 1. The highest BCUT2D eigenvalue weighted by Crippen LogP contribution is 2.19. The number of rotatable bonds is 3. The van der Waals surface area contributed by atoms with Gasteiger partial charge in [0.1, 0.15) is 17.5 Å². The molecule has 106 valence electrons. The molecule has 0 unspecified atom stereocenters. The van der Waals surface area contributed by atoms with Crippen LogP contribution in [0.4, 0.5) is 10.2 Å². The Morgan fingerprint density at radius 1 is 1.24 bits per heavy atom. The molecule has 0 spiro atoms. The maximum absolute atomic E-state index is 13.2. The Labute approximate surface area is 121 Å². The second kappa shape index (κ2) is 5.32. The Hall–Kier alpha value is -2.76. The normalized spacial score (nSPS) is 10.8. The molecule has 0 radical (unpaired) electrons. The van der Waals surface area contributed by atoms with Gasteiger partial charge in [-0.2, -0.15) is 5.10 Å². The van der Waals surface area contributed by atoms with Crippen molar-refractivity contribution in [3.8, 4) is 11.3 Å². The second-order valence-electron chi connectivity index (χ2n) is 4.80. The average molecular weight is 283 g/mol. The monoisotopic (exact) mass is 283 g/mol. The summed E-state index contributed by atoms with van der Waals surface area (Å²) in [5.41, 5.74) is 8.22. The number of aromatic nitrogens is 4. The lowest BCUT2D eigenvalue weighted by atomic mass is 10.1. The Bertz CT molecular complexity index is 781. The SMILES string of the molecule is Cn1cc(-c2cc(N)nc(Cc3cccc(F)c3)n2)cn1. The van der Waals surface area contributed by atoms with Crippen molar-refractivity contribution in [1.29, 1.82) is 0 Å². The van der Waals surface area contributed by atoms with E-state index in [2.05, 4.69) is 15.1 Å². The zero-order valence-corrected chi connectivity index (χ0v) is 11.5. The van der Waals surface area contributed by atoms with E-state index in [1.54, 1.807) is 23.0 Å². The number of nitrogen functional groups attached to an aromatic ring is 1. The van der Waals surface area contributed by atoms with Gasteiger partial charge in [-0.1, -0.05) is 12.1 Å². The lowest BCUT2D eigenvalue weighted by molar-refractivity contribution is 0.626. The van der Waals surface area contributed by atoms with Crippen molar-refractivity contribution in [3.05, 3.63) is 59.9 Å². The summed E-state index contributed by atoms with van der Waals surface area (Å²) >= 11 is 0. The van der Waals surface area contributed by atoms with Gasteiger partial charge in [-0.25, -0.2) is 14.4 Å². The molecule has 0 fully saturated rings. The molecule has 21 heavy (non-hydrogen) atoms. The highest BCUT2D eigenvalue weighted by molar-refractivity contribution is 5.60. The standard InChI is InChI=1S/C15H14FN5/c1-21-9-11(8-18-21)13-7-14(17)20-15(19-13)6-10-3-2-4-12(16)5-10/h2-5,7-9H,6H2,1H3,(H2,17,19,20). The molecule has 3 rings (SSSR count). The van der Waals surface area contributed by atoms with Crippen molar-refractivity contribution in [2.75, 3.05) is 5.73 Å². The molecule has 0 aliphatic rings. The van der Waals surface area contributed by atoms with Crippen molar-refractivity contribution < 1.29 is 4.39 Å². The van der Waals surface area contributed by atoms with Crippen molar-refractivity contribution in [2.24, 2.45) is 7.05 Å². The van der Waals surface area contributed by atoms with E-state index in [1.807, 2.05) is 19.3 Å². The van der Waals surface area contributed by atoms with Crippen molar-refractivity contribution in [2.45, 2.75) is 6.42 Å². The van der Waals surface area contributed by atoms with E-state index in [9.17, 15) is 4.39 Å². The summed E-state index contributed by atoms with van der Waals surface area (Å²) in [7, 11) is 1.84. The third kappa shape index (κ3) is 3.05. The fraction of sp³-hybridized carbons (Fsp3) is 0.133. The smallest absolute Gasteiger partial charge is 0.135 e. The minimum atomic E-state index is -0.274. The van der Waals surface area contributed by atoms with Gasteiger partial charge in [0.2, 0.25) is 0 Å². The Morgan fingerprint density at radius 3 is 2.81 bits per heavy atom. The number of nitrogens with two attached hydrogens (primary N) is 1. The van der Waals surface area contributed by atoms with Gasteiger partial charge >= 0.3 is 0 Å². The Morgan fingerprint density at radius 2 is 2.10 bits per heavy atom. The molecule has 2 N–H and O–H groups in total. The van der Waals surface area contributed by atoms with Crippen LogP contribution in [0, 0.1) is 5.82 Å². The molecule has 0 amide bonds. The van der Waals surface area contributed by atoms with Crippen molar-refractivity contribution in [1.82, 2.24) is 19.7 Å². The Balaban J connectivity index is 1.94. The summed E-state index contributed by atoms with van der Waals surface area (Å²) in [6, 6.07) is 8.07. The average Bonchev–Trinajstić information content (AvgIpc) is 2.85. The molecule has 3 aromatic rings. The van der Waals surface area contributed by atoms with Crippen LogP contribution in [0.1, 0.15) is 11.4 Å². The third-order valence-corrected chi connectivity index (χ3v) is 3.04. The zero-order chi connectivity index (χ0) is 14.8. The number of hydrogen-bond donors (Lipinski definition) is 1. The molecular formula is C15H14FN5. The maximum Gasteiger partial charge on any atom is 0.135 e. The van der Waals surface area contributed by atoms with Gasteiger partial charge in [-0.3, -0.25) is 4.68 Å². The van der Waals surface area contributed by atoms with E-state index in [0.29, 0.717) is 23.8 Å². The summed E-state index contributed by atoms with van der Waals surface area (Å²) in [5, 5.41) is 4.11. The number of aryl methyl sites for hydroxylation is 1. The van der Waals surface area contributed by atoms with Gasteiger partial charge < -0.3 is 5.73 Å². The highest BCUT2D eigenvalue weighted by Gasteiger charge is 2.08. The van der Waals surface area contributed by atoms with Crippen LogP contribution in [0.3, 0.4) is 0 Å². The quantitative estimate of drug-likeness (QED) is 0.800. The molecular weight excluding hydrogens is 269 g/mol. The topological polar surface area (TPSA) is 69.6 Å². The van der Waals surface area contributed by atoms with E-state index in [1.165, 1.54) is 12.1 Å². The first kappa shape index (κ1) is 13.2. The van der Waals surface area contributed by atoms with Crippen LogP contribution in [-0.2, 0) is 13.5 Å². The van der Waals surface area contributed by atoms with Crippen LogP contribution in [0.15, 0.2) is 42.7 Å². The van der Waals surface area contributed by atoms with Gasteiger partial charge in [-0.05, 0) is 17.7 Å². The molecule has 0 aliphatic carbocycles. The number of nitrogens with zero attached hydrogens (tertiary/aromatic N) is 4. The van der Waals surface area contributed by atoms with Crippen molar-refractivity contribution in [3.63, 3.8) is 0 Å². The Kier molecular flexibility index (Phi) is 3.35. The van der Waals surface area contributed by atoms with Crippen LogP contribution in [0.2, 0.25) is 0 Å². The molecule has 1 aromatic carbocycles. The number of anilines is 1. The molecule has 5 nitrogen and oxygen atoms in total. The van der Waals surface area contributed by atoms with E-state index >= 15 is 0 Å². The van der Waals surface area contributed by atoms with E-state index in [4.69, 9.17) is 5.73 Å². The minimum Gasteiger partial charge on any atom is -0.384 e. The van der Waals surface area contributed by atoms with Gasteiger partial charge in [-0.15, -0.1) is 0 Å². The molecule has 0 saturated heterocycles. The fourth-order valence-corrected chi connectivity index (χ4v) is 2.13. The molecule has 0 saturated carbocycles. The van der Waals surface area contributed by atoms with Crippen molar-refractivity contribution >= 4 is 5.82 Å². The minimum absolute atomic E-state index is 0.274. The van der Waals surface area contributed by atoms with Gasteiger partial charge in [0.25, 0.3) is 0 Å². The van der Waals surface area contributed by atoms with Gasteiger partial charge in [0.05, 0.1) is 11.9 Å². The highest BCUT2D eigenvalue weighted by atomic mass is 19.1. The summed E-state index contributed by atoms with van der Waals surface area (Å²) in [6.45, 7) is 0. The maximum atomic E-state index is 13.2. The van der Waals surface area contributed by atoms with Crippen LogP contribution < -0.4 is 5.73 Å². The first-order valence-corrected chi connectivity index (χ1v) is 6.47. The van der Waals surface area contributed by atoms with Crippen LogP contribution in [-0.4, -0.2) is 19.7 Å². The van der Waals surface area contributed by atoms with Crippen LogP contribution in [0.25, 0.3) is 11.3 Å². The van der Waals surface area contributed by atoms with E-state index in [-0.39, 0.29) is 5.82 Å². The van der Waals surface area contributed by atoms with Gasteiger partial charge in [0, 0.05) is 31.3 Å². The molecule has 0 atom stereocenters. The molecule has 6 heteroatoms. The summed E-state index contributed by atoms with van der Waals surface area (Å²) in [4.78, 5) is 8.68. The van der Waals surface area contributed by atoms with E-state index < -0.39 is 0 Å². The largest absolute Gasteiger partial charge is 0.384 e. The molecule has 0 bridgehead atoms. The lowest BCUT2D eigenvalue weighted by Gasteiger charge is -2.05. The molecule has 2 aromatic heterocycles. The fourth-order valence-electron chi connectivity index (χ4n) is 2.13. The number of halogens is 1. The predicted octanol–water partition coefficient (Wildman–Crippen LogP) is 2.19. The molecule has 0 aliphatic heterocycles. The van der Waals surface area contributed by atoms with E-state index in [0.717, 1.165) is 11.1 Å². The van der Waals surface area contributed by atoms with Gasteiger partial charge in [0.15, 0.2) is 0 Å². The first-order valence-electron chi connectivity index (χ1n) is 6.47. The first-order chi connectivity index (χ1) is 10.1. The lowest BCUT2D eigenvalue weighted by Crippen LogP contribution is -2.02. The second-order valence-corrected chi connectivity index (χ2v) is 4.80. The summed E-state index contributed by atoms with van der Waals surface area (Å²) in [6.07, 6.45) is 4.00. The molecule has 2 heterocycles. The van der Waals surface area contributed by atoms with Crippen LogP contribution in [0.5, 0.6) is 0 Å². The predicted molar refractivity (Wildman–Crippen MR) is 77.9 cm³/mol. The number of hydrogen-bond acceptors (Lipinski definition) is 4. The van der Waals surface area contributed by atoms with Crippen LogP contribution >= 0.6 is 0 Å². The summed E-state index contributed by atoms with van der Waals surface area (Å²) in [5.74, 6) is 0.665. The third-order valence-electron chi connectivity index (χ3n) is 3.04.